The van der Waals surface area contributed by atoms with Crippen molar-refractivity contribution in [1.82, 2.24) is 4.98 Å². The summed E-state index contributed by atoms with van der Waals surface area (Å²) in [7, 11) is 0. The van der Waals surface area contributed by atoms with Gasteiger partial charge in [-0.3, -0.25) is 0 Å². The molecule has 0 spiro atoms. The summed E-state index contributed by atoms with van der Waals surface area (Å²) in [6.45, 7) is 1.02. The molecule has 1 saturated heterocycles. The second-order valence-corrected chi connectivity index (χ2v) is 5.80. The Morgan fingerprint density at radius 3 is 2.88 bits per heavy atom. The molecular weight excluding hydrogens is 323 g/mol. The Morgan fingerprint density at radius 1 is 1.35 bits per heavy atom. The van der Waals surface area contributed by atoms with Gasteiger partial charge in [0.15, 0.2) is 0 Å². The molecule has 1 fully saturated rings. The van der Waals surface area contributed by atoms with E-state index in [1.165, 1.54) is 25.7 Å². The summed E-state index contributed by atoms with van der Waals surface area (Å²) >= 11 is 15.7. The van der Waals surface area contributed by atoms with Gasteiger partial charge >= 0.3 is 0 Å². The number of nitrogens with zero attached hydrogens (tertiary/aromatic N) is 2. The van der Waals surface area contributed by atoms with E-state index in [0.717, 1.165) is 17.7 Å². The molecule has 1 aliphatic heterocycles. The Balaban J connectivity index is 2.28. The number of anilines is 1. The molecule has 0 saturated carbocycles. The standard InChI is InChI=1S/C12H15BrCl2N2/c13-7-10-4-2-1-3-5-17(10)12-11(15)6-9(14)8-16-12/h6,8,10H,1-5,7H2. The third-order valence-electron chi connectivity index (χ3n) is 3.12. The van der Waals surface area contributed by atoms with Gasteiger partial charge in [0.2, 0.25) is 0 Å². The molecule has 2 nitrogen and oxygen atoms in total. The normalized spacial score (nSPS) is 21.4. The smallest absolute Gasteiger partial charge is 0.147 e. The van der Waals surface area contributed by atoms with Gasteiger partial charge in [-0.25, -0.2) is 4.98 Å². The van der Waals surface area contributed by atoms with E-state index in [1.54, 1.807) is 12.3 Å². The minimum absolute atomic E-state index is 0.476. The molecule has 1 atom stereocenters. The Bertz CT molecular complexity index is 387. The molecule has 2 heterocycles. The van der Waals surface area contributed by atoms with E-state index < -0.39 is 0 Å². The van der Waals surface area contributed by atoms with Crippen LogP contribution in [0.1, 0.15) is 25.7 Å². The van der Waals surface area contributed by atoms with Crippen LogP contribution in [0.4, 0.5) is 5.82 Å². The van der Waals surface area contributed by atoms with Gasteiger partial charge in [0.1, 0.15) is 5.82 Å². The summed E-state index contributed by atoms with van der Waals surface area (Å²) in [4.78, 5) is 6.69. The first-order valence-corrected chi connectivity index (χ1v) is 7.73. The molecule has 1 aromatic heterocycles. The van der Waals surface area contributed by atoms with Crippen LogP contribution >= 0.6 is 39.1 Å². The number of pyridine rings is 1. The number of aromatic nitrogens is 1. The van der Waals surface area contributed by atoms with Gasteiger partial charge in [-0.2, -0.15) is 0 Å². The van der Waals surface area contributed by atoms with Crippen LogP contribution in [0.3, 0.4) is 0 Å². The van der Waals surface area contributed by atoms with Crippen LogP contribution in [0.25, 0.3) is 0 Å². The predicted molar refractivity (Wildman–Crippen MR) is 77.7 cm³/mol. The Labute approximate surface area is 120 Å². The number of alkyl halides is 1. The highest BCUT2D eigenvalue weighted by molar-refractivity contribution is 9.09. The molecule has 17 heavy (non-hydrogen) atoms. The zero-order chi connectivity index (χ0) is 12.3. The lowest BCUT2D eigenvalue weighted by atomic mass is 10.1. The van der Waals surface area contributed by atoms with Crippen molar-refractivity contribution in [3.05, 3.63) is 22.3 Å². The third kappa shape index (κ3) is 3.27. The van der Waals surface area contributed by atoms with Crippen LogP contribution in [-0.2, 0) is 0 Å². The summed E-state index contributed by atoms with van der Waals surface area (Å²) < 4.78 is 0. The van der Waals surface area contributed by atoms with E-state index in [4.69, 9.17) is 23.2 Å². The predicted octanol–water partition coefficient (Wildman–Crippen LogP) is 4.53. The van der Waals surface area contributed by atoms with E-state index >= 15 is 0 Å². The Morgan fingerprint density at radius 2 is 2.18 bits per heavy atom. The van der Waals surface area contributed by atoms with Crippen molar-refractivity contribution in [2.45, 2.75) is 31.7 Å². The van der Waals surface area contributed by atoms with E-state index in [-0.39, 0.29) is 0 Å². The fourth-order valence-corrected chi connectivity index (χ4v) is 3.40. The summed E-state index contributed by atoms with van der Waals surface area (Å²) in [5.41, 5.74) is 0. The van der Waals surface area contributed by atoms with Crippen LogP contribution in [-0.4, -0.2) is 22.9 Å². The van der Waals surface area contributed by atoms with Crippen molar-refractivity contribution in [1.29, 1.82) is 0 Å². The first-order valence-electron chi connectivity index (χ1n) is 5.86. The fraction of sp³-hybridized carbons (Fsp3) is 0.583. The van der Waals surface area contributed by atoms with Crippen LogP contribution < -0.4 is 4.90 Å². The Hall–Kier alpha value is 0.01000. The van der Waals surface area contributed by atoms with E-state index in [0.29, 0.717) is 16.1 Å². The van der Waals surface area contributed by atoms with Crippen molar-refractivity contribution in [3.8, 4) is 0 Å². The molecule has 2 rings (SSSR count). The largest absolute Gasteiger partial charge is 0.352 e. The van der Waals surface area contributed by atoms with Crippen molar-refractivity contribution in [2.24, 2.45) is 0 Å². The molecule has 0 radical (unpaired) electrons. The number of halogens is 3. The molecule has 0 aromatic carbocycles. The SMILES string of the molecule is Clc1cnc(N2CCCCCC2CBr)c(Cl)c1. The van der Waals surface area contributed by atoms with Crippen LogP contribution in [0.15, 0.2) is 12.3 Å². The van der Waals surface area contributed by atoms with Gasteiger partial charge in [-0.05, 0) is 18.9 Å². The molecule has 0 aliphatic carbocycles. The van der Waals surface area contributed by atoms with Gasteiger partial charge in [-0.1, -0.05) is 52.0 Å². The van der Waals surface area contributed by atoms with Crippen molar-refractivity contribution >= 4 is 44.9 Å². The molecule has 5 heteroatoms. The maximum Gasteiger partial charge on any atom is 0.147 e. The summed E-state index contributed by atoms with van der Waals surface area (Å²) in [5, 5.41) is 2.18. The van der Waals surface area contributed by atoms with Gasteiger partial charge in [0, 0.05) is 24.1 Å². The molecular formula is C12H15BrCl2N2. The maximum atomic E-state index is 6.23. The van der Waals surface area contributed by atoms with Gasteiger partial charge < -0.3 is 4.90 Å². The molecule has 1 aromatic rings. The minimum Gasteiger partial charge on any atom is -0.352 e. The van der Waals surface area contributed by atoms with Crippen molar-refractivity contribution in [3.63, 3.8) is 0 Å². The third-order valence-corrected chi connectivity index (χ3v) is 4.35. The van der Waals surface area contributed by atoms with E-state index in [2.05, 4.69) is 25.8 Å². The van der Waals surface area contributed by atoms with Crippen molar-refractivity contribution < 1.29 is 0 Å². The maximum absolute atomic E-state index is 6.23. The van der Waals surface area contributed by atoms with Crippen LogP contribution in [0.5, 0.6) is 0 Å². The quantitative estimate of drug-likeness (QED) is 0.737. The second kappa shape index (κ2) is 6.26. The fourth-order valence-electron chi connectivity index (χ4n) is 2.24. The van der Waals surface area contributed by atoms with Gasteiger partial charge in [-0.15, -0.1) is 0 Å². The first kappa shape index (κ1) is 13.4. The lowest BCUT2D eigenvalue weighted by Gasteiger charge is -2.30. The highest BCUT2D eigenvalue weighted by Crippen LogP contribution is 2.30. The minimum atomic E-state index is 0.476. The average Bonchev–Trinajstić information content (AvgIpc) is 2.54. The number of hydrogen-bond acceptors (Lipinski definition) is 2. The lowest BCUT2D eigenvalue weighted by Crippen LogP contribution is -2.36. The second-order valence-electron chi connectivity index (χ2n) is 4.31. The summed E-state index contributed by atoms with van der Waals surface area (Å²) in [5.74, 6) is 0.863. The molecule has 1 unspecified atom stereocenters. The summed E-state index contributed by atoms with van der Waals surface area (Å²) in [6, 6.07) is 2.24. The first-order chi connectivity index (χ1) is 8.22. The molecule has 0 amide bonds. The van der Waals surface area contributed by atoms with Gasteiger partial charge in [0.25, 0.3) is 0 Å². The lowest BCUT2D eigenvalue weighted by molar-refractivity contribution is 0.621. The molecule has 0 N–H and O–H groups in total. The monoisotopic (exact) mass is 336 g/mol. The highest BCUT2D eigenvalue weighted by atomic mass is 79.9. The van der Waals surface area contributed by atoms with Crippen molar-refractivity contribution in [2.75, 3.05) is 16.8 Å². The van der Waals surface area contributed by atoms with E-state index in [9.17, 15) is 0 Å². The number of rotatable bonds is 2. The van der Waals surface area contributed by atoms with Crippen LogP contribution in [0.2, 0.25) is 10.0 Å². The average molecular weight is 338 g/mol. The zero-order valence-corrected chi connectivity index (χ0v) is 12.6. The number of hydrogen-bond donors (Lipinski definition) is 0. The topological polar surface area (TPSA) is 16.1 Å². The highest BCUT2D eigenvalue weighted by Gasteiger charge is 2.23. The molecule has 94 valence electrons. The molecule has 0 bridgehead atoms. The Kier molecular flexibility index (Phi) is 4.95. The molecule has 1 aliphatic rings. The summed E-state index contributed by atoms with van der Waals surface area (Å²) in [6.07, 6.45) is 6.61. The van der Waals surface area contributed by atoms with E-state index in [1.807, 2.05) is 0 Å². The zero-order valence-electron chi connectivity index (χ0n) is 9.50. The van der Waals surface area contributed by atoms with Gasteiger partial charge in [0.05, 0.1) is 10.0 Å². The van der Waals surface area contributed by atoms with Crippen LogP contribution in [0, 0.1) is 0 Å².